The van der Waals surface area contributed by atoms with Crippen LogP contribution in [0.3, 0.4) is 0 Å². The minimum Gasteiger partial charge on any atom is -0.455 e. The lowest BCUT2D eigenvalue weighted by Gasteiger charge is -2.26. The van der Waals surface area contributed by atoms with Crippen molar-refractivity contribution in [2.24, 2.45) is 7.05 Å². The Morgan fingerprint density at radius 2 is 1.56 bits per heavy atom. The van der Waals surface area contributed by atoms with Crippen molar-refractivity contribution in [3.63, 3.8) is 0 Å². The molecular weight excluding hydrogens is 406 g/mol. The van der Waals surface area contributed by atoms with Crippen LogP contribution in [0.25, 0.3) is 43.6 Å². The molecule has 0 amide bonds. The van der Waals surface area contributed by atoms with E-state index in [0.717, 1.165) is 11.5 Å². The average Bonchev–Trinajstić information content (AvgIpc) is 2.77. The first kappa shape index (κ1) is 19.5. The molecule has 0 N–H and O–H groups in total. The predicted octanol–water partition coefficient (Wildman–Crippen LogP) is 6.91. The van der Waals surface area contributed by atoms with E-state index < -0.39 is 8.07 Å². The summed E-state index contributed by atoms with van der Waals surface area (Å²) in [6, 6.07) is 20.1. The van der Waals surface area contributed by atoms with E-state index in [0.29, 0.717) is 0 Å². The summed E-state index contributed by atoms with van der Waals surface area (Å²) in [6.45, 7) is 11.7. The Hall–Kier alpha value is -3.17. The molecule has 158 valence electrons. The Morgan fingerprint density at radius 1 is 0.781 bits per heavy atom. The topological polar surface area (TPSA) is 13.1 Å². The highest BCUT2D eigenvalue weighted by Crippen LogP contribution is 2.50. The molecule has 2 nitrogen and oxygen atoms in total. The van der Waals surface area contributed by atoms with Gasteiger partial charge >= 0.3 is 0 Å². The van der Waals surface area contributed by atoms with Crippen LogP contribution in [0.2, 0.25) is 19.6 Å². The summed E-state index contributed by atoms with van der Waals surface area (Å²) >= 11 is 0. The summed E-state index contributed by atoms with van der Waals surface area (Å²) < 4.78 is 9.05. The van der Waals surface area contributed by atoms with Gasteiger partial charge in [0.05, 0.1) is 19.0 Å². The first-order valence-corrected chi connectivity index (χ1v) is 14.9. The van der Waals surface area contributed by atoms with Gasteiger partial charge in [-0.15, -0.1) is 0 Å². The van der Waals surface area contributed by atoms with Gasteiger partial charge in [0.25, 0.3) is 0 Å². The van der Waals surface area contributed by atoms with Crippen LogP contribution in [-0.2, 0) is 7.05 Å². The van der Waals surface area contributed by atoms with Crippen molar-refractivity contribution >= 4 is 45.6 Å². The Balaban J connectivity index is 1.81. The van der Waals surface area contributed by atoms with Crippen molar-refractivity contribution in [3.05, 3.63) is 71.9 Å². The third kappa shape index (κ3) is 2.55. The second-order valence-electron chi connectivity index (χ2n) is 10.2. The first-order valence-electron chi connectivity index (χ1n) is 11.4. The Morgan fingerprint density at radius 3 is 2.34 bits per heavy atom. The lowest BCUT2D eigenvalue weighted by molar-refractivity contribution is -0.659. The molecule has 3 heteroatoms. The second kappa shape index (κ2) is 6.43. The highest BCUT2D eigenvalue weighted by atomic mass is 28.3. The fourth-order valence-electron chi connectivity index (χ4n) is 5.40. The maximum atomic E-state index is 6.78. The van der Waals surface area contributed by atoms with E-state index in [1.165, 1.54) is 59.9 Å². The SMILES string of the molecule is Cc1c2c(c(C)c3c1ccc1ccccc13)-c1c3c(cc([Si](C)(C)C)cc3cc[n+]1C)O2. The summed E-state index contributed by atoms with van der Waals surface area (Å²) in [6.07, 6.45) is 2.20. The fourth-order valence-corrected chi connectivity index (χ4v) is 6.55. The van der Waals surface area contributed by atoms with Crippen LogP contribution in [0.5, 0.6) is 11.5 Å². The van der Waals surface area contributed by atoms with Gasteiger partial charge in [-0.1, -0.05) is 67.3 Å². The van der Waals surface area contributed by atoms with Crippen molar-refractivity contribution in [1.29, 1.82) is 0 Å². The van der Waals surface area contributed by atoms with Gasteiger partial charge in [-0.3, -0.25) is 0 Å². The van der Waals surface area contributed by atoms with Gasteiger partial charge in [0.1, 0.15) is 18.5 Å². The van der Waals surface area contributed by atoms with E-state index in [1.54, 1.807) is 0 Å². The van der Waals surface area contributed by atoms with Gasteiger partial charge in [0, 0.05) is 11.6 Å². The van der Waals surface area contributed by atoms with Crippen molar-refractivity contribution in [1.82, 2.24) is 0 Å². The highest BCUT2D eigenvalue weighted by molar-refractivity contribution is 6.88. The van der Waals surface area contributed by atoms with Gasteiger partial charge in [-0.2, -0.15) is 0 Å². The summed E-state index contributed by atoms with van der Waals surface area (Å²) in [7, 11) is 0.673. The molecule has 0 unspecified atom stereocenters. The van der Waals surface area contributed by atoms with Crippen LogP contribution >= 0.6 is 0 Å². The Labute approximate surface area is 190 Å². The molecule has 2 heterocycles. The molecule has 0 saturated carbocycles. The van der Waals surface area contributed by atoms with Gasteiger partial charge in [-0.25, -0.2) is 4.57 Å². The zero-order valence-corrected chi connectivity index (χ0v) is 20.6. The maximum absolute atomic E-state index is 6.78. The zero-order valence-electron chi connectivity index (χ0n) is 19.6. The number of hydrogen-bond acceptors (Lipinski definition) is 1. The van der Waals surface area contributed by atoms with Gasteiger partial charge in [0.2, 0.25) is 5.69 Å². The minimum atomic E-state index is -1.48. The quantitative estimate of drug-likeness (QED) is 0.156. The van der Waals surface area contributed by atoms with Crippen LogP contribution in [0.1, 0.15) is 11.1 Å². The molecule has 4 aromatic carbocycles. The van der Waals surface area contributed by atoms with Crippen LogP contribution < -0.4 is 14.5 Å². The summed E-state index contributed by atoms with van der Waals surface area (Å²) in [5.41, 5.74) is 5.00. The van der Waals surface area contributed by atoms with Crippen LogP contribution in [0, 0.1) is 13.8 Å². The molecule has 0 saturated heterocycles. The standard InChI is InChI=1S/C29H28NOSi/c1-17-22-12-11-19-9-7-8-10-23(19)25(22)18(2)26-28-27-20(13-14-30(28)3)15-21(32(4,5)6)16-24(27)31-29(17)26/h7-16H,1-6H3/q+1. The monoisotopic (exact) mass is 434 g/mol. The Bertz CT molecular complexity index is 1610. The number of aromatic nitrogens is 1. The van der Waals surface area contributed by atoms with E-state index in [9.17, 15) is 0 Å². The second-order valence-corrected chi connectivity index (χ2v) is 15.3. The summed E-state index contributed by atoms with van der Waals surface area (Å²) in [4.78, 5) is 0. The predicted molar refractivity (Wildman–Crippen MR) is 138 cm³/mol. The van der Waals surface area contributed by atoms with Crippen molar-refractivity contribution in [2.75, 3.05) is 0 Å². The molecule has 32 heavy (non-hydrogen) atoms. The number of aryl methyl sites for hydroxylation is 3. The molecule has 0 radical (unpaired) electrons. The largest absolute Gasteiger partial charge is 0.455 e. The molecule has 0 aliphatic carbocycles. The molecule has 1 aromatic heterocycles. The minimum absolute atomic E-state index is 1.00. The molecule has 0 atom stereocenters. The number of ether oxygens (including phenoxy) is 1. The third-order valence-electron chi connectivity index (χ3n) is 7.17. The normalized spacial score (nSPS) is 12.9. The molecular formula is C29H28NOSi+. The summed E-state index contributed by atoms with van der Waals surface area (Å²) in [5.74, 6) is 2.01. The van der Waals surface area contributed by atoms with Crippen LogP contribution in [0.4, 0.5) is 0 Å². The number of fused-ring (bicyclic) bond motifs is 5. The van der Waals surface area contributed by atoms with Gasteiger partial charge < -0.3 is 4.74 Å². The number of hydrogen-bond donors (Lipinski definition) is 0. The van der Waals surface area contributed by atoms with Crippen molar-refractivity contribution in [3.8, 4) is 22.8 Å². The smallest absolute Gasteiger partial charge is 0.228 e. The van der Waals surface area contributed by atoms with Crippen LogP contribution in [0.15, 0.2) is 60.8 Å². The van der Waals surface area contributed by atoms with Gasteiger partial charge in [0.15, 0.2) is 6.20 Å². The lowest BCUT2D eigenvalue weighted by Crippen LogP contribution is -2.38. The molecule has 0 spiro atoms. The lowest BCUT2D eigenvalue weighted by atomic mass is 9.87. The number of nitrogens with zero attached hydrogens (tertiary/aromatic N) is 1. The number of benzene rings is 4. The molecule has 0 bridgehead atoms. The van der Waals surface area contributed by atoms with Crippen LogP contribution in [-0.4, -0.2) is 8.07 Å². The Kier molecular flexibility index (Phi) is 3.92. The number of pyridine rings is 1. The highest BCUT2D eigenvalue weighted by Gasteiger charge is 2.33. The average molecular weight is 435 g/mol. The fraction of sp³-hybridized carbons (Fsp3) is 0.207. The molecule has 0 fully saturated rings. The number of rotatable bonds is 1. The van der Waals surface area contributed by atoms with Crippen molar-refractivity contribution < 1.29 is 9.30 Å². The van der Waals surface area contributed by atoms with E-state index in [4.69, 9.17) is 4.74 Å². The van der Waals surface area contributed by atoms with E-state index in [-0.39, 0.29) is 0 Å². The van der Waals surface area contributed by atoms with Gasteiger partial charge in [-0.05, 0) is 52.4 Å². The van der Waals surface area contributed by atoms with Crippen molar-refractivity contribution in [2.45, 2.75) is 33.5 Å². The van der Waals surface area contributed by atoms with E-state index in [2.05, 4.69) is 106 Å². The van der Waals surface area contributed by atoms with E-state index >= 15 is 0 Å². The zero-order chi connectivity index (χ0) is 22.4. The third-order valence-corrected chi connectivity index (χ3v) is 9.19. The molecule has 1 aliphatic heterocycles. The molecule has 5 aromatic rings. The maximum Gasteiger partial charge on any atom is 0.228 e. The first-order chi connectivity index (χ1) is 15.3. The van der Waals surface area contributed by atoms with E-state index in [1.807, 2.05) is 0 Å². The summed E-state index contributed by atoms with van der Waals surface area (Å²) in [5, 5.41) is 9.14. The molecule has 6 rings (SSSR count). The molecule has 1 aliphatic rings.